The van der Waals surface area contributed by atoms with E-state index in [0.717, 1.165) is 21.7 Å². The molecule has 5 rings (SSSR count). The molecule has 3 heterocycles. The van der Waals surface area contributed by atoms with Crippen molar-refractivity contribution >= 4 is 27.3 Å². The second-order valence-corrected chi connectivity index (χ2v) is 6.92. The smallest absolute Gasteiger partial charge is 0.234 e. The SMILES string of the molecule is Fc1ccccc1Cc1nnc2sc(Cc3noc4ccccc34)nn12. The van der Waals surface area contributed by atoms with Crippen molar-refractivity contribution < 1.29 is 8.91 Å². The number of aromatic nitrogens is 5. The van der Waals surface area contributed by atoms with Crippen molar-refractivity contribution in [1.82, 2.24) is 25.0 Å². The molecule has 0 radical (unpaired) electrons. The second kappa shape index (κ2) is 5.99. The van der Waals surface area contributed by atoms with Crippen LogP contribution >= 0.6 is 11.3 Å². The minimum absolute atomic E-state index is 0.256. The van der Waals surface area contributed by atoms with Crippen LogP contribution < -0.4 is 0 Å². The third kappa shape index (κ3) is 2.55. The summed E-state index contributed by atoms with van der Waals surface area (Å²) in [6.07, 6.45) is 0.883. The van der Waals surface area contributed by atoms with Crippen molar-refractivity contribution in [3.05, 3.63) is 76.4 Å². The molecule has 0 unspecified atom stereocenters. The minimum atomic E-state index is -0.256. The summed E-state index contributed by atoms with van der Waals surface area (Å²) in [5.74, 6) is 0.353. The van der Waals surface area contributed by atoms with Crippen LogP contribution in [-0.4, -0.2) is 25.0 Å². The fourth-order valence-electron chi connectivity index (χ4n) is 2.90. The molecular formula is C18H12FN5OS. The molecule has 0 atom stereocenters. The fourth-order valence-corrected chi connectivity index (χ4v) is 3.76. The fraction of sp³-hybridized carbons (Fsp3) is 0.111. The number of halogens is 1. The lowest BCUT2D eigenvalue weighted by Crippen LogP contribution is -2.00. The summed E-state index contributed by atoms with van der Waals surface area (Å²) in [6, 6.07) is 14.4. The second-order valence-electron chi connectivity index (χ2n) is 5.88. The lowest BCUT2D eigenvalue weighted by molar-refractivity contribution is 0.448. The van der Waals surface area contributed by atoms with Gasteiger partial charge in [0.05, 0.1) is 5.69 Å². The third-order valence-electron chi connectivity index (χ3n) is 4.17. The molecule has 5 aromatic rings. The number of nitrogens with zero attached hydrogens (tertiary/aromatic N) is 5. The molecule has 0 saturated carbocycles. The Kier molecular flexibility index (Phi) is 3.49. The van der Waals surface area contributed by atoms with E-state index in [-0.39, 0.29) is 5.82 Å². The predicted octanol–water partition coefficient (Wildman–Crippen LogP) is 3.65. The van der Waals surface area contributed by atoms with Crippen molar-refractivity contribution in [2.24, 2.45) is 0 Å². The number of hydrogen-bond acceptors (Lipinski definition) is 6. The molecule has 0 aliphatic heterocycles. The first-order valence-electron chi connectivity index (χ1n) is 8.04. The summed E-state index contributed by atoms with van der Waals surface area (Å²) in [6.45, 7) is 0. The van der Waals surface area contributed by atoms with E-state index < -0.39 is 0 Å². The number of rotatable bonds is 4. The molecule has 8 heteroatoms. The van der Waals surface area contributed by atoms with Gasteiger partial charge >= 0.3 is 0 Å². The quantitative estimate of drug-likeness (QED) is 0.486. The van der Waals surface area contributed by atoms with Crippen LogP contribution in [0, 0.1) is 5.82 Å². The number of benzene rings is 2. The van der Waals surface area contributed by atoms with Gasteiger partial charge in [0, 0.05) is 18.2 Å². The molecule has 0 saturated heterocycles. The lowest BCUT2D eigenvalue weighted by atomic mass is 10.1. The Morgan fingerprint density at radius 2 is 1.85 bits per heavy atom. The van der Waals surface area contributed by atoms with Crippen LogP contribution in [0.15, 0.2) is 53.1 Å². The summed E-state index contributed by atoms with van der Waals surface area (Å²) in [5.41, 5.74) is 2.16. The van der Waals surface area contributed by atoms with Crippen molar-refractivity contribution in [1.29, 1.82) is 0 Å². The monoisotopic (exact) mass is 365 g/mol. The predicted molar refractivity (Wildman–Crippen MR) is 94.7 cm³/mol. The largest absolute Gasteiger partial charge is 0.356 e. The van der Waals surface area contributed by atoms with E-state index in [9.17, 15) is 4.39 Å². The first-order valence-corrected chi connectivity index (χ1v) is 8.86. The van der Waals surface area contributed by atoms with E-state index in [0.29, 0.717) is 29.2 Å². The maximum atomic E-state index is 13.9. The molecule has 128 valence electrons. The molecule has 0 N–H and O–H groups in total. The number of hydrogen-bond donors (Lipinski definition) is 0. The minimum Gasteiger partial charge on any atom is -0.356 e. The molecule has 0 spiro atoms. The normalized spacial score (nSPS) is 11.6. The van der Waals surface area contributed by atoms with E-state index in [1.807, 2.05) is 24.3 Å². The molecule has 0 amide bonds. The first-order chi connectivity index (χ1) is 12.8. The van der Waals surface area contributed by atoms with Gasteiger partial charge in [-0.3, -0.25) is 0 Å². The standard InChI is InChI=1S/C18H12FN5OS/c19-13-7-3-1-5-11(13)9-16-20-21-18-24(16)22-17(26-18)10-14-12-6-2-4-8-15(12)25-23-14/h1-8H,9-10H2. The van der Waals surface area contributed by atoms with Crippen LogP contribution in [0.1, 0.15) is 22.1 Å². The van der Waals surface area contributed by atoms with Gasteiger partial charge in [-0.2, -0.15) is 9.61 Å². The van der Waals surface area contributed by atoms with Crippen LogP contribution in [0.4, 0.5) is 4.39 Å². The van der Waals surface area contributed by atoms with Gasteiger partial charge < -0.3 is 4.52 Å². The van der Waals surface area contributed by atoms with Gasteiger partial charge in [0.2, 0.25) is 4.96 Å². The van der Waals surface area contributed by atoms with E-state index in [1.54, 1.807) is 22.7 Å². The van der Waals surface area contributed by atoms with Gasteiger partial charge in [-0.25, -0.2) is 4.39 Å². The molecule has 26 heavy (non-hydrogen) atoms. The average molecular weight is 365 g/mol. The number of para-hydroxylation sites is 1. The van der Waals surface area contributed by atoms with E-state index >= 15 is 0 Å². The van der Waals surface area contributed by atoms with Crippen LogP contribution in [0.5, 0.6) is 0 Å². The summed E-state index contributed by atoms with van der Waals surface area (Å²) in [7, 11) is 0. The van der Waals surface area contributed by atoms with Crippen molar-refractivity contribution in [2.75, 3.05) is 0 Å². The van der Waals surface area contributed by atoms with Crippen LogP contribution in [-0.2, 0) is 12.8 Å². The highest BCUT2D eigenvalue weighted by atomic mass is 32.1. The Bertz CT molecular complexity index is 1220. The topological polar surface area (TPSA) is 69.1 Å². The zero-order chi connectivity index (χ0) is 17.5. The van der Waals surface area contributed by atoms with Gasteiger partial charge in [-0.15, -0.1) is 10.2 Å². The Morgan fingerprint density at radius 1 is 1.00 bits per heavy atom. The summed E-state index contributed by atoms with van der Waals surface area (Å²) in [4.78, 5) is 0.680. The van der Waals surface area contributed by atoms with Gasteiger partial charge in [0.25, 0.3) is 0 Å². The molecular weight excluding hydrogens is 353 g/mol. The molecule has 3 aromatic heterocycles. The van der Waals surface area contributed by atoms with Gasteiger partial charge in [-0.05, 0) is 23.8 Å². The Balaban J connectivity index is 1.47. The van der Waals surface area contributed by atoms with E-state index in [2.05, 4.69) is 20.5 Å². The summed E-state index contributed by atoms with van der Waals surface area (Å²) < 4.78 is 20.9. The van der Waals surface area contributed by atoms with Crippen molar-refractivity contribution in [3.8, 4) is 0 Å². The van der Waals surface area contributed by atoms with Crippen LogP contribution in [0.25, 0.3) is 15.9 Å². The van der Waals surface area contributed by atoms with E-state index in [4.69, 9.17) is 4.52 Å². The molecule has 0 fully saturated rings. The van der Waals surface area contributed by atoms with Gasteiger partial charge in [0.1, 0.15) is 10.8 Å². The zero-order valence-electron chi connectivity index (χ0n) is 13.5. The van der Waals surface area contributed by atoms with Crippen molar-refractivity contribution in [2.45, 2.75) is 12.8 Å². The maximum absolute atomic E-state index is 13.9. The third-order valence-corrected chi connectivity index (χ3v) is 5.07. The van der Waals surface area contributed by atoms with E-state index in [1.165, 1.54) is 17.4 Å². The average Bonchev–Trinajstić information content (AvgIpc) is 3.34. The molecule has 0 bridgehead atoms. The first kappa shape index (κ1) is 15.2. The number of fused-ring (bicyclic) bond motifs is 2. The van der Waals surface area contributed by atoms with Crippen molar-refractivity contribution in [3.63, 3.8) is 0 Å². The summed E-state index contributed by atoms with van der Waals surface area (Å²) in [5, 5.41) is 18.9. The highest BCUT2D eigenvalue weighted by Gasteiger charge is 2.16. The molecule has 0 aliphatic carbocycles. The molecule has 2 aromatic carbocycles. The Morgan fingerprint density at radius 3 is 2.77 bits per heavy atom. The summed E-state index contributed by atoms with van der Waals surface area (Å²) >= 11 is 1.44. The van der Waals surface area contributed by atoms with Gasteiger partial charge in [0.15, 0.2) is 11.4 Å². The lowest BCUT2D eigenvalue weighted by Gasteiger charge is -1.99. The highest BCUT2D eigenvalue weighted by molar-refractivity contribution is 7.16. The Hall–Kier alpha value is -3.13. The highest BCUT2D eigenvalue weighted by Crippen LogP contribution is 2.23. The maximum Gasteiger partial charge on any atom is 0.234 e. The zero-order valence-corrected chi connectivity index (χ0v) is 14.3. The van der Waals surface area contributed by atoms with Crippen LogP contribution in [0.2, 0.25) is 0 Å². The molecule has 0 aliphatic rings. The molecule has 6 nitrogen and oxygen atoms in total. The van der Waals surface area contributed by atoms with Gasteiger partial charge in [-0.1, -0.05) is 46.8 Å². The van der Waals surface area contributed by atoms with Crippen LogP contribution in [0.3, 0.4) is 0 Å². The Labute approximate surface area is 150 Å².